The van der Waals surface area contributed by atoms with Gasteiger partial charge in [-0.2, -0.15) is 0 Å². The van der Waals surface area contributed by atoms with E-state index < -0.39 is 12.3 Å². The fraction of sp³-hybridized carbons (Fsp3) is 0.261. The summed E-state index contributed by atoms with van der Waals surface area (Å²) in [5.74, 6) is -1.15. The lowest BCUT2D eigenvalue weighted by Crippen LogP contribution is -2.36. The van der Waals surface area contributed by atoms with Crippen LogP contribution in [0.4, 0.5) is 8.78 Å². The van der Waals surface area contributed by atoms with Crippen LogP contribution < -0.4 is 5.32 Å². The van der Waals surface area contributed by atoms with Gasteiger partial charge < -0.3 is 5.32 Å². The van der Waals surface area contributed by atoms with E-state index in [0.717, 1.165) is 10.8 Å². The van der Waals surface area contributed by atoms with Crippen molar-refractivity contribution in [3.05, 3.63) is 83.9 Å². The maximum Gasteiger partial charge on any atom is 0.251 e. The van der Waals surface area contributed by atoms with Crippen molar-refractivity contribution in [2.75, 3.05) is 0 Å². The van der Waals surface area contributed by atoms with E-state index in [0.29, 0.717) is 17.5 Å². The van der Waals surface area contributed by atoms with Crippen molar-refractivity contribution in [2.24, 2.45) is 0 Å². The van der Waals surface area contributed by atoms with Gasteiger partial charge in [0, 0.05) is 17.5 Å². The average Bonchev–Trinajstić information content (AvgIpc) is 2.71. The van der Waals surface area contributed by atoms with Crippen LogP contribution in [0.2, 0.25) is 0 Å². The number of hydrogen-bond donors (Lipinski definition) is 1. The van der Waals surface area contributed by atoms with E-state index in [1.165, 1.54) is 0 Å². The molecule has 2 nitrogen and oxygen atoms in total. The van der Waals surface area contributed by atoms with Gasteiger partial charge in [0.15, 0.2) is 0 Å². The molecule has 4 heteroatoms. The highest BCUT2D eigenvalue weighted by Gasteiger charge is 2.26. The number of benzene rings is 3. The van der Waals surface area contributed by atoms with Gasteiger partial charge in [-0.3, -0.25) is 4.79 Å². The molecule has 2 unspecified atom stereocenters. The van der Waals surface area contributed by atoms with E-state index in [4.69, 9.17) is 0 Å². The molecule has 0 saturated carbocycles. The van der Waals surface area contributed by atoms with Crippen molar-refractivity contribution in [3.63, 3.8) is 0 Å². The molecule has 0 bridgehead atoms. The molecule has 0 fully saturated rings. The average molecular weight is 367 g/mol. The lowest BCUT2D eigenvalue weighted by molar-refractivity contribution is 0.0880. The van der Waals surface area contributed by atoms with Crippen LogP contribution in [0, 0.1) is 0 Å². The van der Waals surface area contributed by atoms with Crippen LogP contribution in [-0.4, -0.2) is 18.4 Å². The molecule has 0 saturated heterocycles. The minimum atomic E-state index is -2.49. The summed E-state index contributed by atoms with van der Waals surface area (Å²) in [7, 11) is 0. The SMILES string of the molecule is CCC(CC(c1ccc2ccccc2c1)C(F)F)NC(=O)c1ccccc1. The summed E-state index contributed by atoms with van der Waals surface area (Å²) in [5.41, 5.74) is 1.14. The molecule has 2 atom stereocenters. The minimum Gasteiger partial charge on any atom is -0.349 e. The first-order chi connectivity index (χ1) is 13.1. The van der Waals surface area contributed by atoms with Gasteiger partial charge in [-0.15, -0.1) is 0 Å². The number of alkyl halides is 2. The molecule has 1 amide bonds. The second-order valence-corrected chi connectivity index (χ2v) is 6.73. The number of carbonyl (C=O) groups excluding carboxylic acids is 1. The van der Waals surface area contributed by atoms with Crippen LogP contribution in [0.25, 0.3) is 10.8 Å². The normalized spacial score (nSPS) is 13.5. The van der Waals surface area contributed by atoms with Crippen LogP contribution >= 0.6 is 0 Å². The number of halogens is 2. The highest BCUT2D eigenvalue weighted by Crippen LogP contribution is 2.31. The Labute approximate surface area is 158 Å². The third kappa shape index (κ3) is 4.70. The van der Waals surface area contributed by atoms with Crippen LogP contribution in [-0.2, 0) is 0 Å². The molecule has 3 aromatic rings. The molecule has 0 spiro atoms. The summed E-state index contributed by atoms with van der Waals surface area (Å²) in [5, 5.41) is 4.88. The Bertz CT molecular complexity index is 895. The Balaban J connectivity index is 1.78. The molecule has 1 N–H and O–H groups in total. The quantitative estimate of drug-likeness (QED) is 0.563. The first kappa shape index (κ1) is 19.0. The van der Waals surface area contributed by atoms with E-state index in [9.17, 15) is 13.6 Å². The maximum atomic E-state index is 13.8. The Kier molecular flexibility index (Phi) is 6.17. The molecule has 0 aliphatic heterocycles. The highest BCUT2D eigenvalue weighted by atomic mass is 19.3. The molecular formula is C23H23F2NO. The lowest BCUT2D eigenvalue weighted by atomic mass is 9.90. The predicted octanol–water partition coefficient (Wildman–Crippen LogP) is 5.79. The molecule has 0 aliphatic carbocycles. The third-order valence-corrected chi connectivity index (χ3v) is 4.91. The Morgan fingerprint density at radius 2 is 1.59 bits per heavy atom. The second kappa shape index (κ2) is 8.76. The van der Waals surface area contributed by atoms with Crippen molar-refractivity contribution in [1.82, 2.24) is 5.32 Å². The predicted molar refractivity (Wildman–Crippen MR) is 105 cm³/mol. The van der Waals surface area contributed by atoms with E-state index in [-0.39, 0.29) is 18.4 Å². The summed E-state index contributed by atoms with van der Waals surface area (Å²) in [4.78, 5) is 12.4. The summed E-state index contributed by atoms with van der Waals surface area (Å²) >= 11 is 0. The van der Waals surface area contributed by atoms with Gasteiger partial charge in [0.05, 0.1) is 0 Å². The van der Waals surface area contributed by atoms with E-state index >= 15 is 0 Å². The topological polar surface area (TPSA) is 29.1 Å². The van der Waals surface area contributed by atoms with Gasteiger partial charge in [0.25, 0.3) is 5.91 Å². The van der Waals surface area contributed by atoms with Gasteiger partial charge >= 0.3 is 0 Å². The van der Waals surface area contributed by atoms with Gasteiger partial charge in [-0.25, -0.2) is 8.78 Å². The van der Waals surface area contributed by atoms with Crippen molar-refractivity contribution in [3.8, 4) is 0 Å². The van der Waals surface area contributed by atoms with Gasteiger partial charge in [-0.05, 0) is 41.3 Å². The van der Waals surface area contributed by atoms with Gasteiger partial charge in [-0.1, -0.05) is 67.6 Å². The molecule has 0 radical (unpaired) electrons. The number of hydrogen-bond acceptors (Lipinski definition) is 1. The first-order valence-electron chi connectivity index (χ1n) is 9.21. The van der Waals surface area contributed by atoms with Crippen LogP contribution in [0.1, 0.15) is 41.6 Å². The lowest BCUT2D eigenvalue weighted by Gasteiger charge is -2.24. The number of carbonyl (C=O) groups is 1. The summed E-state index contributed by atoms with van der Waals surface area (Å²) in [6.45, 7) is 1.90. The summed E-state index contributed by atoms with van der Waals surface area (Å²) in [6, 6.07) is 21.7. The molecule has 0 heterocycles. The third-order valence-electron chi connectivity index (χ3n) is 4.91. The zero-order valence-electron chi connectivity index (χ0n) is 15.2. The fourth-order valence-electron chi connectivity index (χ4n) is 3.32. The summed E-state index contributed by atoms with van der Waals surface area (Å²) < 4.78 is 27.7. The number of nitrogens with one attached hydrogen (secondary N) is 1. The monoisotopic (exact) mass is 367 g/mol. The first-order valence-corrected chi connectivity index (χ1v) is 9.21. The molecule has 0 aromatic heterocycles. The van der Waals surface area contributed by atoms with Crippen molar-refractivity contribution >= 4 is 16.7 Å². The Morgan fingerprint density at radius 3 is 2.26 bits per heavy atom. The van der Waals surface area contributed by atoms with Crippen molar-refractivity contribution < 1.29 is 13.6 Å². The molecule has 0 aliphatic rings. The number of fused-ring (bicyclic) bond motifs is 1. The Hall–Kier alpha value is -2.75. The van der Waals surface area contributed by atoms with Crippen LogP contribution in [0.15, 0.2) is 72.8 Å². The zero-order chi connectivity index (χ0) is 19.2. The number of amides is 1. The molecule has 3 rings (SSSR count). The Morgan fingerprint density at radius 1 is 0.926 bits per heavy atom. The van der Waals surface area contributed by atoms with Gasteiger partial charge in [0.2, 0.25) is 6.43 Å². The largest absolute Gasteiger partial charge is 0.349 e. The molecule has 27 heavy (non-hydrogen) atoms. The van der Waals surface area contributed by atoms with E-state index in [1.807, 2.05) is 49.4 Å². The van der Waals surface area contributed by atoms with Gasteiger partial charge in [0.1, 0.15) is 0 Å². The smallest absolute Gasteiger partial charge is 0.251 e. The fourth-order valence-corrected chi connectivity index (χ4v) is 3.32. The zero-order valence-corrected chi connectivity index (χ0v) is 15.2. The van der Waals surface area contributed by atoms with Crippen LogP contribution in [0.5, 0.6) is 0 Å². The maximum absolute atomic E-state index is 13.8. The number of rotatable bonds is 7. The van der Waals surface area contributed by atoms with E-state index in [2.05, 4.69) is 5.32 Å². The molecule has 3 aromatic carbocycles. The molecule has 140 valence electrons. The van der Waals surface area contributed by atoms with Crippen molar-refractivity contribution in [1.29, 1.82) is 0 Å². The standard InChI is InChI=1S/C23H23F2NO/c1-2-20(26-23(27)17-9-4-3-5-10-17)15-21(22(24)25)19-13-12-16-8-6-7-11-18(16)14-19/h3-14,20-22H,2,15H2,1H3,(H,26,27). The summed E-state index contributed by atoms with van der Waals surface area (Å²) in [6.07, 6.45) is -1.70. The van der Waals surface area contributed by atoms with Crippen molar-refractivity contribution in [2.45, 2.75) is 38.2 Å². The van der Waals surface area contributed by atoms with E-state index in [1.54, 1.807) is 30.3 Å². The highest BCUT2D eigenvalue weighted by molar-refractivity contribution is 5.94. The minimum absolute atomic E-state index is 0.199. The van der Waals surface area contributed by atoms with Crippen LogP contribution in [0.3, 0.4) is 0 Å². The second-order valence-electron chi connectivity index (χ2n) is 6.73. The molecular weight excluding hydrogens is 344 g/mol.